The minimum absolute atomic E-state index is 0.0550. The second-order valence-corrected chi connectivity index (χ2v) is 10.5. The number of thioether (sulfide) groups is 1. The number of carbonyl (C=O) groups is 1. The predicted octanol–water partition coefficient (Wildman–Crippen LogP) is 2.80. The average molecular weight is 484 g/mol. The maximum Gasteiger partial charge on any atom is 0.243 e. The van der Waals surface area contributed by atoms with Gasteiger partial charge in [0.2, 0.25) is 15.9 Å². The van der Waals surface area contributed by atoms with E-state index in [2.05, 4.69) is 15.5 Å². The van der Waals surface area contributed by atoms with Gasteiger partial charge in [0.1, 0.15) is 0 Å². The Hall–Kier alpha value is -1.95. The van der Waals surface area contributed by atoms with Gasteiger partial charge in [0.25, 0.3) is 0 Å². The number of carbonyl (C=O) groups excluding carboxylic acids is 1. The molecule has 0 aliphatic rings. The van der Waals surface area contributed by atoms with E-state index in [4.69, 9.17) is 4.74 Å². The monoisotopic (exact) mass is 483 g/mol. The standard InChI is InChI=1S/C21H33N5O4S2/c1-7-25(8-2)32(28,29)18-11-9-10-17(12-18)20-23-24-21(26(20)16(5)13-30-6)31-14-19(27)22-15(3)4/h9-12,15-16H,7-8,13-14H2,1-6H3,(H,22,27). The fourth-order valence-electron chi connectivity index (χ4n) is 3.29. The van der Waals surface area contributed by atoms with Crippen molar-refractivity contribution in [1.82, 2.24) is 24.4 Å². The minimum Gasteiger partial charge on any atom is -0.383 e. The van der Waals surface area contributed by atoms with Crippen LogP contribution in [0.5, 0.6) is 0 Å². The summed E-state index contributed by atoms with van der Waals surface area (Å²) in [5, 5.41) is 12.0. The van der Waals surface area contributed by atoms with Crippen molar-refractivity contribution in [2.24, 2.45) is 0 Å². The number of hydrogen-bond acceptors (Lipinski definition) is 7. The molecule has 1 amide bonds. The molecule has 178 valence electrons. The second-order valence-electron chi connectivity index (χ2n) is 7.61. The van der Waals surface area contributed by atoms with Crippen molar-refractivity contribution in [3.63, 3.8) is 0 Å². The molecule has 0 saturated carbocycles. The van der Waals surface area contributed by atoms with Gasteiger partial charge in [-0.05, 0) is 32.9 Å². The van der Waals surface area contributed by atoms with Crippen molar-refractivity contribution in [2.75, 3.05) is 32.6 Å². The Morgan fingerprint density at radius 3 is 2.50 bits per heavy atom. The summed E-state index contributed by atoms with van der Waals surface area (Å²) in [6, 6.07) is 6.65. The molecule has 1 heterocycles. The van der Waals surface area contributed by atoms with Crippen LogP contribution in [0.15, 0.2) is 34.3 Å². The molecule has 2 rings (SSSR count). The Bertz CT molecular complexity index is 1000. The summed E-state index contributed by atoms with van der Waals surface area (Å²) in [5.74, 6) is 0.637. The maximum absolute atomic E-state index is 13.0. The lowest BCUT2D eigenvalue weighted by Crippen LogP contribution is -2.31. The molecule has 1 unspecified atom stereocenters. The highest BCUT2D eigenvalue weighted by atomic mass is 32.2. The normalized spacial score (nSPS) is 13.0. The van der Waals surface area contributed by atoms with Gasteiger partial charge in [0.05, 0.1) is 23.3 Å². The van der Waals surface area contributed by atoms with Crippen LogP contribution < -0.4 is 5.32 Å². The van der Waals surface area contributed by atoms with E-state index in [0.29, 0.717) is 36.2 Å². The summed E-state index contributed by atoms with van der Waals surface area (Å²) in [5.41, 5.74) is 0.632. The Balaban J connectivity index is 2.45. The van der Waals surface area contributed by atoms with Gasteiger partial charge in [0, 0.05) is 31.8 Å². The number of ether oxygens (including phenoxy) is 1. The fourth-order valence-corrected chi connectivity index (χ4v) is 5.64. The number of benzene rings is 1. The minimum atomic E-state index is -3.61. The molecule has 1 N–H and O–H groups in total. The predicted molar refractivity (Wildman–Crippen MR) is 126 cm³/mol. The van der Waals surface area contributed by atoms with E-state index in [0.717, 1.165) is 0 Å². The summed E-state index contributed by atoms with van der Waals surface area (Å²) >= 11 is 1.28. The lowest BCUT2D eigenvalue weighted by molar-refractivity contribution is -0.119. The summed E-state index contributed by atoms with van der Waals surface area (Å²) in [7, 11) is -2.00. The van der Waals surface area contributed by atoms with Crippen LogP contribution in [-0.2, 0) is 19.6 Å². The Morgan fingerprint density at radius 1 is 1.22 bits per heavy atom. The number of aromatic nitrogens is 3. The molecule has 1 aromatic carbocycles. The van der Waals surface area contributed by atoms with Crippen LogP contribution >= 0.6 is 11.8 Å². The van der Waals surface area contributed by atoms with Crippen LogP contribution in [0.2, 0.25) is 0 Å². The molecule has 2 aromatic rings. The second kappa shape index (κ2) is 11.8. The smallest absolute Gasteiger partial charge is 0.243 e. The van der Waals surface area contributed by atoms with Crippen LogP contribution in [-0.4, -0.2) is 72.0 Å². The summed E-state index contributed by atoms with van der Waals surface area (Å²) < 4.78 is 34.6. The molecule has 1 atom stereocenters. The number of nitrogens with zero attached hydrogens (tertiary/aromatic N) is 4. The SMILES string of the molecule is CCN(CC)S(=O)(=O)c1cccc(-c2nnc(SCC(=O)NC(C)C)n2C(C)COC)c1. The molecule has 1 aromatic heterocycles. The van der Waals surface area contributed by atoms with E-state index in [-0.39, 0.29) is 28.6 Å². The zero-order valence-corrected chi connectivity index (χ0v) is 21.2. The highest BCUT2D eigenvalue weighted by molar-refractivity contribution is 7.99. The molecule has 9 nitrogen and oxygen atoms in total. The third-order valence-corrected chi connectivity index (χ3v) is 7.72. The molecule has 0 spiro atoms. The fraction of sp³-hybridized carbons (Fsp3) is 0.571. The summed E-state index contributed by atoms with van der Waals surface area (Å²) in [6.07, 6.45) is 0. The van der Waals surface area contributed by atoms with Gasteiger partial charge in [-0.15, -0.1) is 10.2 Å². The van der Waals surface area contributed by atoms with Gasteiger partial charge in [-0.2, -0.15) is 4.31 Å². The van der Waals surface area contributed by atoms with E-state index in [1.807, 2.05) is 39.2 Å². The van der Waals surface area contributed by atoms with Crippen molar-refractivity contribution < 1.29 is 17.9 Å². The van der Waals surface area contributed by atoms with Gasteiger partial charge in [-0.25, -0.2) is 8.42 Å². The Morgan fingerprint density at radius 2 is 1.91 bits per heavy atom. The maximum atomic E-state index is 13.0. The van der Waals surface area contributed by atoms with Gasteiger partial charge < -0.3 is 10.1 Å². The van der Waals surface area contributed by atoms with Crippen LogP contribution in [0.4, 0.5) is 0 Å². The number of rotatable bonds is 12. The van der Waals surface area contributed by atoms with Crippen molar-refractivity contribution >= 4 is 27.7 Å². The van der Waals surface area contributed by atoms with Gasteiger partial charge in [0.15, 0.2) is 11.0 Å². The highest BCUT2D eigenvalue weighted by Gasteiger charge is 2.24. The molecular weight excluding hydrogens is 450 g/mol. The summed E-state index contributed by atoms with van der Waals surface area (Å²) in [6.45, 7) is 10.6. The number of sulfonamides is 1. The lowest BCUT2D eigenvalue weighted by atomic mass is 10.2. The molecule has 11 heteroatoms. The highest BCUT2D eigenvalue weighted by Crippen LogP contribution is 2.29. The van der Waals surface area contributed by atoms with Crippen molar-refractivity contribution in [3.8, 4) is 11.4 Å². The third kappa shape index (κ3) is 6.31. The first kappa shape index (κ1) is 26.3. The first-order valence-corrected chi connectivity index (χ1v) is 13.0. The zero-order valence-electron chi connectivity index (χ0n) is 19.5. The summed E-state index contributed by atoms with van der Waals surface area (Å²) in [4.78, 5) is 12.3. The Kier molecular flexibility index (Phi) is 9.68. The Labute approximate surface area is 195 Å². The number of methoxy groups -OCH3 is 1. The molecule has 0 fully saturated rings. The van der Waals surface area contributed by atoms with E-state index in [1.54, 1.807) is 31.4 Å². The third-order valence-electron chi connectivity index (χ3n) is 4.73. The lowest BCUT2D eigenvalue weighted by Gasteiger charge is -2.20. The zero-order chi connectivity index (χ0) is 23.9. The van der Waals surface area contributed by atoms with E-state index in [1.165, 1.54) is 16.1 Å². The molecule has 0 aliphatic heterocycles. The average Bonchev–Trinajstić information content (AvgIpc) is 3.17. The van der Waals surface area contributed by atoms with Crippen molar-refractivity contribution in [1.29, 1.82) is 0 Å². The molecule has 0 radical (unpaired) electrons. The number of nitrogens with one attached hydrogen (secondary N) is 1. The molecule has 0 bridgehead atoms. The van der Waals surface area contributed by atoms with Gasteiger partial charge >= 0.3 is 0 Å². The molecule has 32 heavy (non-hydrogen) atoms. The largest absolute Gasteiger partial charge is 0.383 e. The van der Waals surface area contributed by atoms with Crippen LogP contribution in [0.3, 0.4) is 0 Å². The van der Waals surface area contributed by atoms with E-state index in [9.17, 15) is 13.2 Å². The van der Waals surface area contributed by atoms with Crippen LogP contribution in [0.1, 0.15) is 40.7 Å². The van der Waals surface area contributed by atoms with Crippen molar-refractivity contribution in [2.45, 2.75) is 56.8 Å². The van der Waals surface area contributed by atoms with Crippen molar-refractivity contribution in [3.05, 3.63) is 24.3 Å². The van der Waals surface area contributed by atoms with E-state index >= 15 is 0 Å². The number of amides is 1. The topological polar surface area (TPSA) is 106 Å². The molecule has 0 saturated heterocycles. The molecular formula is C21H33N5O4S2. The van der Waals surface area contributed by atoms with E-state index < -0.39 is 10.0 Å². The first-order chi connectivity index (χ1) is 15.1. The van der Waals surface area contributed by atoms with Crippen LogP contribution in [0.25, 0.3) is 11.4 Å². The quantitative estimate of drug-likeness (QED) is 0.463. The van der Waals surface area contributed by atoms with Gasteiger partial charge in [-0.3, -0.25) is 9.36 Å². The molecule has 0 aliphatic carbocycles. The first-order valence-electron chi connectivity index (χ1n) is 10.6. The van der Waals surface area contributed by atoms with Crippen LogP contribution in [0, 0.1) is 0 Å². The number of hydrogen-bond donors (Lipinski definition) is 1. The van der Waals surface area contributed by atoms with Gasteiger partial charge in [-0.1, -0.05) is 37.7 Å².